The maximum Gasteiger partial charge on any atom is 0.390 e. The molecule has 0 spiro atoms. The molecule has 2 rings (SSSR count). The summed E-state index contributed by atoms with van der Waals surface area (Å²) in [6, 6.07) is 11.4. The van der Waals surface area contributed by atoms with Crippen molar-refractivity contribution in [3.63, 3.8) is 0 Å². The van der Waals surface area contributed by atoms with Crippen molar-refractivity contribution in [2.45, 2.75) is 13.8 Å². The minimum absolute atomic E-state index is 0.0260. The van der Waals surface area contributed by atoms with Crippen LogP contribution in [0.3, 0.4) is 0 Å². The van der Waals surface area contributed by atoms with E-state index in [1.807, 2.05) is 6.92 Å². The van der Waals surface area contributed by atoms with Gasteiger partial charge >= 0.3 is 11.9 Å². The van der Waals surface area contributed by atoms with Gasteiger partial charge in [0.05, 0.1) is 5.56 Å². The Labute approximate surface area is 116 Å². The fourth-order valence-electron chi connectivity index (χ4n) is 1.79. The summed E-state index contributed by atoms with van der Waals surface area (Å²) in [6.07, 6.45) is 0. The van der Waals surface area contributed by atoms with Gasteiger partial charge in [-0.1, -0.05) is 29.8 Å². The quantitative estimate of drug-likeness (QED) is 0.635. The summed E-state index contributed by atoms with van der Waals surface area (Å²) < 4.78 is 5.20. The number of aryl methyl sites for hydroxylation is 2. The highest BCUT2D eigenvalue weighted by Crippen LogP contribution is 2.24. The fourth-order valence-corrected chi connectivity index (χ4v) is 1.79. The van der Waals surface area contributed by atoms with Crippen molar-refractivity contribution in [3.05, 3.63) is 64.7 Å². The van der Waals surface area contributed by atoms with E-state index in [9.17, 15) is 14.7 Å². The zero-order valence-electron chi connectivity index (χ0n) is 11.2. The third-order valence-corrected chi connectivity index (χ3v) is 2.91. The molecular formula is C16H13O4. The number of hydrogen-bond acceptors (Lipinski definition) is 3. The van der Waals surface area contributed by atoms with Crippen LogP contribution in [0.15, 0.2) is 42.5 Å². The summed E-state index contributed by atoms with van der Waals surface area (Å²) in [5.41, 5.74) is 1.81. The molecule has 0 aliphatic carbocycles. The molecule has 0 unspecified atom stereocenters. The molecule has 20 heavy (non-hydrogen) atoms. The highest BCUT2D eigenvalue weighted by molar-refractivity contribution is 5.95. The molecule has 0 atom stereocenters. The minimum Gasteiger partial charge on any atom is -0.422 e. The van der Waals surface area contributed by atoms with Gasteiger partial charge in [-0.3, -0.25) is 0 Å². The van der Waals surface area contributed by atoms with Crippen LogP contribution in [0.5, 0.6) is 5.75 Å². The van der Waals surface area contributed by atoms with Gasteiger partial charge in [0.15, 0.2) is 0 Å². The molecule has 4 nitrogen and oxygen atoms in total. The van der Waals surface area contributed by atoms with Gasteiger partial charge in [-0.2, -0.15) is 0 Å². The first-order valence-electron chi connectivity index (χ1n) is 6.09. The Bertz CT molecular complexity index is 657. The molecule has 0 saturated heterocycles. The summed E-state index contributed by atoms with van der Waals surface area (Å²) in [7, 11) is 0. The Morgan fingerprint density at radius 3 is 2.20 bits per heavy atom. The lowest BCUT2D eigenvalue weighted by Gasteiger charge is -2.09. The molecular weight excluding hydrogens is 256 g/mol. The van der Waals surface area contributed by atoms with Crippen LogP contribution in [0.4, 0.5) is 0 Å². The van der Waals surface area contributed by atoms with Crippen molar-refractivity contribution >= 4 is 11.9 Å². The molecule has 0 fully saturated rings. The van der Waals surface area contributed by atoms with E-state index in [0.717, 1.165) is 5.56 Å². The van der Waals surface area contributed by atoms with E-state index in [4.69, 9.17) is 4.74 Å². The number of esters is 1. The molecule has 0 heterocycles. The van der Waals surface area contributed by atoms with Crippen LogP contribution >= 0.6 is 0 Å². The normalized spacial score (nSPS) is 10.1. The second kappa shape index (κ2) is 5.57. The minimum atomic E-state index is -1.37. The smallest absolute Gasteiger partial charge is 0.390 e. The maximum absolute atomic E-state index is 12.0. The van der Waals surface area contributed by atoms with Crippen LogP contribution in [-0.4, -0.2) is 11.9 Å². The molecule has 2 aromatic carbocycles. The van der Waals surface area contributed by atoms with Crippen LogP contribution < -0.4 is 4.74 Å². The van der Waals surface area contributed by atoms with Gasteiger partial charge < -0.3 is 4.74 Å². The Kier molecular flexibility index (Phi) is 3.84. The molecule has 4 heteroatoms. The van der Waals surface area contributed by atoms with E-state index in [-0.39, 0.29) is 11.3 Å². The summed E-state index contributed by atoms with van der Waals surface area (Å²) in [5, 5.41) is 11.0. The van der Waals surface area contributed by atoms with Crippen molar-refractivity contribution in [1.82, 2.24) is 0 Å². The standard InChI is InChI=1S/C16H13O4/c1-10-6-8-12(9-7-10)16(19)20-14-11(2)4-3-5-13(14)15(17)18/h3-9H,1-2H3. The summed E-state index contributed by atoms with van der Waals surface area (Å²) in [4.78, 5) is 23.1. The van der Waals surface area contributed by atoms with E-state index in [1.54, 1.807) is 43.3 Å². The van der Waals surface area contributed by atoms with E-state index >= 15 is 0 Å². The zero-order valence-corrected chi connectivity index (χ0v) is 11.2. The summed E-state index contributed by atoms with van der Waals surface area (Å²) in [6.45, 7) is 3.58. The highest BCUT2D eigenvalue weighted by Gasteiger charge is 2.18. The third kappa shape index (κ3) is 2.85. The van der Waals surface area contributed by atoms with Crippen LogP contribution in [0, 0.1) is 13.8 Å². The second-order valence-electron chi connectivity index (χ2n) is 4.49. The number of benzene rings is 2. The van der Waals surface area contributed by atoms with Gasteiger partial charge in [0, 0.05) is 0 Å². The lowest BCUT2D eigenvalue weighted by Crippen LogP contribution is -2.12. The first-order valence-corrected chi connectivity index (χ1v) is 6.09. The molecule has 0 aliphatic heterocycles. The number of carbonyl (C=O) groups is 2. The molecule has 0 bridgehead atoms. The van der Waals surface area contributed by atoms with Gasteiger partial charge in [-0.25, -0.2) is 14.7 Å². The fraction of sp³-hybridized carbons (Fsp3) is 0.125. The Morgan fingerprint density at radius 1 is 0.950 bits per heavy atom. The van der Waals surface area contributed by atoms with E-state index in [0.29, 0.717) is 11.1 Å². The van der Waals surface area contributed by atoms with E-state index in [1.165, 1.54) is 6.07 Å². The first kappa shape index (κ1) is 13.8. The molecule has 0 saturated carbocycles. The first-order chi connectivity index (χ1) is 9.49. The lowest BCUT2D eigenvalue weighted by atomic mass is 10.1. The average molecular weight is 269 g/mol. The zero-order chi connectivity index (χ0) is 14.7. The SMILES string of the molecule is Cc1ccc(C(=O)Oc2c(C)cccc2C([O])=O)cc1. The van der Waals surface area contributed by atoms with Crippen molar-refractivity contribution in [2.24, 2.45) is 0 Å². The molecule has 1 radical (unpaired) electrons. The van der Waals surface area contributed by atoms with Crippen LogP contribution in [0.2, 0.25) is 0 Å². The van der Waals surface area contributed by atoms with Gasteiger partial charge in [-0.05, 0) is 37.6 Å². The number of ether oxygens (including phenoxy) is 1. The second-order valence-corrected chi connectivity index (χ2v) is 4.49. The molecule has 2 aromatic rings. The summed E-state index contributed by atoms with van der Waals surface area (Å²) in [5.74, 6) is -1.94. The monoisotopic (exact) mass is 269 g/mol. The molecule has 0 aromatic heterocycles. The Balaban J connectivity index is 2.32. The van der Waals surface area contributed by atoms with Crippen molar-refractivity contribution < 1.29 is 19.4 Å². The molecule has 0 N–H and O–H groups in total. The molecule has 0 aliphatic rings. The van der Waals surface area contributed by atoms with Crippen LogP contribution in [0.1, 0.15) is 31.8 Å². The van der Waals surface area contributed by atoms with Crippen LogP contribution in [0.25, 0.3) is 0 Å². The van der Waals surface area contributed by atoms with Gasteiger partial charge in [0.2, 0.25) is 0 Å². The van der Waals surface area contributed by atoms with Gasteiger partial charge in [0.1, 0.15) is 11.3 Å². The van der Waals surface area contributed by atoms with Crippen LogP contribution in [-0.2, 0) is 5.11 Å². The maximum atomic E-state index is 12.0. The molecule has 0 amide bonds. The predicted octanol–water partition coefficient (Wildman–Crippen LogP) is 3.09. The number of carbonyl (C=O) groups excluding carboxylic acids is 2. The number of hydrogen-bond donors (Lipinski definition) is 0. The predicted molar refractivity (Wildman–Crippen MR) is 72.3 cm³/mol. The average Bonchev–Trinajstić information content (AvgIpc) is 2.41. The van der Waals surface area contributed by atoms with Crippen molar-refractivity contribution in [2.75, 3.05) is 0 Å². The Morgan fingerprint density at radius 2 is 1.60 bits per heavy atom. The van der Waals surface area contributed by atoms with E-state index in [2.05, 4.69) is 0 Å². The van der Waals surface area contributed by atoms with Gasteiger partial charge in [0.25, 0.3) is 0 Å². The third-order valence-electron chi connectivity index (χ3n) is 2.91. The van der Waals surface area contributed by atoms with E-state index < -0.39 is 11.9 Å². The largest absolute Gasteiger partial charge is 0.422 e. The summed E-state index contributed by atoms with van der Waals surface area (Å²) >= 11 is 0. The molecule has 101 valence electrons. The number of para-hydroxylation sites is 1. The van der Waals surface area contributed by atoms with Crippen molar-refractivity contribution in [1.29, 1.82) is 0 Å². The number of rotatable bonds is 3. The topological polar surface area (TPSA) is 63.3 Å². The van der Waals surface area contributed by atoms with Crippen molar-refractivity contribution in [3.8, 4) is 5.75 Å². The Hall–Kier alpha value is -2.62. The lowest BCUT2D eigenvalue weighted by molar-refractivity contribution is 0.0566. The van der Waals surface area contributed by atoms with Gasteiger partial charge in [-0.15, -0.1) is 0 Å². The highest BCUT2D eigenvalue weighted by atomic mass is 16.5.